The maximum Gasteiger partial charge on any atom is 0.311 e. The molecule has 1 aliphatic heterocycles. The standard InChI is InChI=1S/C18H31NO5/c1-16(2,3)18(15(22)23)8-5-13(11-17(18,4)14(20)21)24-12-6-9-19-10-7-12/h12-13,19H,5-11H2,1-4H3,(H,20,21)(H,22,23)/t13-,17-,18-/m1/s1. The maximum atomic E-state index is 12.2. The zero-order chi connectivity index (χ0) is 18.2. The van der Waals surface area contributed by atoms with Crippen molar-refractivity contribution in [1.82, 2.24) is 5.32 Å². The minimum Gasteiger partial charge on any atom is -0.481 e. The van der Waals surface area contributed by atoms with Crippen molar-refractivity contribution in [3.05, 3.63) is 0 Å². The van der Waals surface area contributed by atoms with Crippen LogP contribution in [0.1, 0.15) is 59.8 Å². The number of carboxylic acid groups (broad SMARTS) is 2. The minimum absolute atomic E-state index is 0.140. The Balaban J connectivity index is 2.28. The highest BCUT2D eigenvalue weighted by atomic mass is 16.5. The van der Waals surface area contributed by atoms with Gasteiger partial charge >= 0.3 is 11.9 Å². The summed E-state index contributed by atoms with van der Waals surface area (Å²) in [5, 5.41) is 23.2. The van der Waals surface area contributed by atoms with Gasteiger partial charge in [-0.1, -0.05) is 20.8 Å². The second kappa shape index (κ2) is 6.64. The molecule has 0 unspecified atom stereocenters. The molecular weight excluding hydrogens is 310 g/mol. The van der Waals surface area contributed by atoms with Gasteiger partial charge in [0, 0.05) is 0 Å². The molecule has 0 bridgehead atoms. The lowest BCUT2D eigenvalue weighted by atomic mass is 9.47. The highest BCUT2D eigenvalue weighted by molar-refractivity contribution is 5.87. The van der Waals surface area contributed by atoms with Crippen molar-refractivity contribution in [3.63, 3.8) is 0 Å². The molecule has 0 spiro atoms. The average molecular weight is 341 g/mol. The lowest BCUT2D eigenvalue weighted by Crippen LogP contribution is -2.61. The van der Waals surface area contributed by atoms with Gasteiger partial charge in [0.05, 0.1) is 23.0 Å². The second-order valence-corrected chi connectivity index (χ2v) is 8.55. The number of ether oxygens (including phenoxy) is 1. The summed E-state index contributed by atoms with van der Waals surface area (Å²) in [7, 11) is 0. The summed E-state index contributed by atoms with van der Waals surface area (Å²) in [4.78, 5) is 24.4. The number of nitrogens with one attached hydrogen (secondary N) is 1. The molecular formula is C18H31NO5. The predicted molar refractivity (Wildman–Crippen MR) is 89.9 cm³/mol. The quantitative estimate of drug-likeness (QED) is 0.727. The van der Waals surface area contributed by atoms with Crippen molar-refractivity contribution in [2.75, 3.05) is 13.1 Å². The summed E-state index contributed by atoms with van der Waals surface area (Å²) >= 11 is 0. The van der Waals surface area contributed by atoms with Crippen molar-refractivity contribution in [3.8, 4) is 0 Å². The van der Waals surface area contributed by atoms with Crippen molar-refractivity contribution < 1.29 is 24.5 Å². The summed E-state index contributed by atoms with van der Waals surface area (Å²) < 4.78 is 6.17. The smallest absolute Gasteiger partial charge is 0.311 e. The number of rotatable bonds is 4. The van der Waals surface area contributed by atoms with Crippen LogP contribution in [-0.2, 0) is 14.3 Å². The summed E-state index contributed by atoms with van der Waals surface area (Å²) in [6.45, 7) is 8.90. The van der Waals surface area contributed by atoms with E-state index in [2.05, 4.69) is 5.32 Å². The highest BCUT2D eigenvalue weighted by Crippen LogP contribution is 2.60. The molecule has 0 aromatic heterocycles. The van der Waals surface area contributed by atoms with Crippen LogP contribution < -0.4 is 5.32 Å². The van der Waals surface area contributed by atoms with Crippen LogP contribution in [0.25, 0.3) is 0 Å². The summed E-state index contributed by atoms with van der Waals surface area (Å²) in [5.41, 5.74) is -3.32. The lowest BCUT2D eigenvalue weighted by Gasteiger charge is -2.55. The van der Waals surface area contributed by atoms with E-state index in [1.165, 1.54) is 0 Å². The first-order valence-corrected chi connectivity index (χ1v) is 8.87. The molecule has 6 heteroatoms. The molecule has 0 radical (unpaired) electrons. The van der Waals surface area contributed by atoms with Crippen molar-refractivity contribution >= 4 is 11.9 Å². The van der Waals surface area contributed by atoms with Crippen molar-refractivity contribution in [2.45, 2.75) is 72.0 Å². The van der Waals surface area contributed by atoms with Gasteiger partial charge in [-0.05, 0) is 57.5 Å². The molecule has 138 valence electrons. The molecule has 0 amide bonds. The van der Waals surface area contributed by atoms with Gasteiger partial charge in [-0.25, -0.2) is 0 Å². The van der Waals surface area contributed by atoms with E-state index in [0.29, 0.717) is 12.8 Å². The third kappa shape index (κ3) is 3.06. The molecule has 0 aromatic rings. The first-order valence-electron chi connectivity index (χ1n) is 8.87. The molecule has 24 heavy (non-hydrogen) atoms. The van der Waals surface area contributed by atoms with Crippen LogP contribution in [-0.4, -0.2) is 47.4 Å². The molecule has 1 heterocycles. The first kappa shape index (κ1) is 19.2. The van der Waals surface area contributed by atoms with Crippen LogP contribution in [0.5, 0.6) is 0 Å². The van der Waals surface area contributed by atoms with Gasteiger partial charge < -0.3 is 20.3 Å². The molecule has 2 aliphatic rings. The number of carboxylic acids is 2. The van der Waals surface area contributed by atoms with E-state index in [9.17, 15) is 19.8 Å². The molecule has 2 rings (SSSR count). The van der Waals surface area contributed by atoms with E-state index in [1.807, 2.05) is 20.8 Å². The summed E-state index contributed by atoms with van der Waals surface area (Å²) in [6, 6.07) is 0. The fourth-order valence-corrected chi connectivity index (χ4v) is 4.84. The number of hydrogen-bond acceptors (Lipinski definition) is 4. The third-order valence-corrected chi connectivity index (χ3v) is 6.21. The Morgan fingerprint density at radius 3 is 2.08 bits per heavy atom. The fraction of sp³-hybridized carbons (Fsp3) is 0.889. The van der Waals surface area contributed by atoms with Crippen LogP contribution in [0.15, 0.2) is 0 Å². The number of hydrogen-bond donors (Lipinski definition) is 3. The normalized spacial score (nSPS) is 35.6. The van der Waals surface area contributed by atoms with Gasteiger partial charge in [-0.2, -0.15) is 0 Å². The molecule has 1 aliphatic carbocycles. The van der Waals surface area contributed by atoms with Crippen molar-refractivity contribution in [2.24, 2.45) is 16.2 Å². The zero-order valence-corrected chi connectivity index (χ0v) is 15.2. The zero-order valence-electron chi connectivity index (χ0n) is 15.2. The lowest BCUT2D eigenvalue weighted by molar-refractivity contribution is -0.203. The van der Waals surface area contributed by atoms with Gasteiger partial charge in [-0.15, -0.1) is 0 Å². The van der Waals surface area contributed by atoms with Crippen LogP contribution >= 0.6 is 0 Å². The van der Waals surface area contributed by atoms with E-state index in [4.69, 9.17) is 4.74 Å². The van der Waals surface area contributed by atoms with Gasteiger partial charge in [0.25, 0.3) is 0 Å². The second-order valence-electron chi connectivity index (χ2n) is 8.55. The van der Waals surface area contributed by atoms with E-state index in [1.54, 1.807) is 6.92 Å². The maximum absolute atomic E-state index is 12.2. The average Bonchev–Trinajstić information content (AvgIpc) is 2.46. The Morgan fingerprint density at radius 1 is 1.04 bits per heavy atom. The molecule has 3 N–H and O–H groups in total. The summed E-state index contributed by atoms with van der Waals surface area (Å²) in [6.07, 6.45) is 2.95. The molecule has 0 aromatic carbocycles. The SMILES string of the molecule is CC(C)(C)[C@]1(C(=O)O)CC[C@@H](OC2CCNCC2)C[C@]1(C)C(=O)O. The molecule has 1 saturated carbocycles. The number of piperidine rings is 1. The van der Waals surface area contributed by atoms with E-state index >= 15 is 0 Å². The third-order valence-electron chi connectivity index (χ3n) is 6.21. The van der Waals surface area contributed by atoms with Crippen LogP contribution in [0.4, 0.5) is 0 Å². The Kier molecular flexibility index (Phi) is 5.31. The predicted octanol–water partition coefficient (Wildman–Crippen LogP) is 2.52. The van der Waals surface area contributed by atoms with Gasteiger partial charge in [0.2, 0.25) is 0 Å². The fourth-order valence-electron chi connectivity index (χ4n) is 4.84. The summed E-state index contributed by atoms with van der Waals surface area (Å²) in [5.74, 6) is -2.06. The Labute approximate surface area is 144 Å². The molecule has 3 atom stereocenters. The number of aliphatic carboxylic acids is 2. The monoisotopic (exact) mass is 341 g/mol. The first-order chi connectivity index (χ1) is 11.0. The molecule has 1 saturated heterocycles. The van der Waals surface area contributed by atoms with E-state index < -0.39 is 28.2 Å². The topological polar surface area (TPSA) is 95.9 Å². The molecule has 2 fully saturated rings. The Bertz CT molecular complexity index is 494. The van der Waals surface area contributed by atoms with Crippen molar-refractivity contribution in [1.29, 1.82) is 0 Å². The van der Waals surface area contributed by atoms with E-state index in [-0.39, 0.29) is 18.6 Å². The number of carbonyl (C=O) groups is 2. The Morgan fingerprint density at radius 2 is 1.62 bits per heavy atom. The highest BCUT2D eigenvalue weighted by Gasteiger charge is 2.66. The van der Waals surface area contributed by atoms with E-state index in [0.717, 1.165) is 25.9 Å². The van der Waals surface area contributed by atoms with Crippen LogP contribution in [0.2, 0.25) is 0 Å². The van der Waals surface area contributed by atoms with Crippen LogP contribution in [0.3, 0.4) is 0 Å². The van der Waals surface area contributed by atoms with Gasteiger partial charge in [-0.3, -0.25) is 9.59 Å². The minimum atomic E-state index is -1.35. The Hall–Kier alpha value is -1.14. The van der Waals surface area contributed by atoms with Crippen LogP contribution in [0, 0.1) is 16.2 Å². The largest absolute Gasteiger partial charge is 0.481 e. The molecule has 6 nitrogen and oxygen atoms in total. The van der Waals surface area contributed by atoms with Gasteiger partial charge in [0.15, 0.2) is 0 Å². The van der Waals surface area contributed by atoms with Gasteiger partial charge in [0.1, 0.15) is 0 Å².